The molecule has 0 bridgehead atoms. The van der Waals surface area contributed by atoms with Crippen molar-refractivity contribution in [3.63, 3.8) is 0 Å². The second kappa shape index (κ2) is 3.03. The fraction of sp³-hybridized carbons (Fsp3) is 0.0909. The summed E-state index contributed by atoms with van der Waals surface area (Å²) in [4.78, 5) is 8.66. The van der Waals surface area contributed by atoms with Gasteiger partial charge in [-0.05, 0) is 6.07 Å². The Kier molecular flexibility index (Phi) is 1.70. The smallest absolute Gasteiger partial charge is 0.125 e. The van der Waals surface area contributed by atoms with Crippen molar-refractivity contribution in [3.8, 4) is 0 Å². The first-order valence-electron chi connectivity index (χ1n) is 4.49. The van der Waals surface area contributed by atoms with Crippen molar-refractivity contribution in [2.24, 2.45) is 9.98 Å². The highest BCUT2D eigenvalue weighted by Gasteiger charge is 2.09. The van der Waals surface area contributed by atoms with Gasteiger partial charge < -0.3 is 0 Å². The minimum Gasteiger partial charge on any atom is -0.287 e. The molecular weight excluding hydrogens is 192 g/mol. The largest absolute Gasteiger partial charge is 0.287 e. The number of hydrogen-bond donors (Lipinski definition) is 0. The van der Waals surface area contributed by atoms with Crippen molar-refractivity contribution in [2.45, 2.75) is 0 Å². The summed E-state index contributed by atoms with van der Waals surface area (Å²) in [5.74, 6) is 0. The molecule has 3 heteroatoms. The molecular formula is C11H8N2S. The molecule has 2 aromatic rings. The van der Waals surface area contributed by atoms with Crippen LogP contribution in [0.5, 0.6) is 0 Å². The Balaban J connectivity index is 2.41. The highest BCUT2D eigenvalue weighted by molar-refractivity contribution is 7.23. The van der Waals surface area contributed by atoms with Crippen LogP contribution in [0.3, 0.4) is 0 Å². The number of rotatable bonds is 0. The van der Waals surface area contributed by atoms with Crippen LogP contribution in [0.2, 0.25) is 0 Å². The molecule has 68 valence electrons. The summed E-state index contributed by atoms with van der Waals surface area (Å²) in [6.07, 6.45) is 3.79. The molecule has 2 heterocycles. The van der Waals surface area contributed by atoms with Crippen molar-refractivity contribution >= 4 is 38.9 Å². The van der Waals surface area contributed by atoms with Gasteiger partial charge in [0.2, 0.25) is 0 Å². The second-order valence-electron chi connectivity index (χ2n) is 3.12. The molecule has 0 N–H and O–H groups in total. The van der Waals surface area contributed by atoms with Crippen LogP contribution in [-0.4, -0.2) is 19.0 Å². The average molecular weight is 200 g/mol. The summed E-state index contributed by atoms with van der Waals surface area (Å²) in [7, 11) is 0. The molecule has 0 fully saturated rings. The predicted molar refractivity (Wildman–Crippen MR) is 62.4 cm³/mol. The van der Waals surface area contributed by atoms with Crippen LogP contribution in [0.1, 0.15) is 5.56 Å². The maximum absolute atomic E-state index is 4.39. The van der Waals surface area contributed by atoms with Crippen LogP contribution >= 0.6 is 11.3 Å². The van der Waals surface area contributed by atoms with E-state index in [1.807, 2.05) is 12.4 Å². The predicted octanol–water partition coefficient (Wildman–Crippen LogP) is 3.04. The van der Waals surface area contributed by atoms with Crippen LogP contribution in [0.25, 0.3) is 10.1 Å². The van der Waals surface area contributed by atoms with Gasteiger partial charge in [0.25, 0.3) is 0 Å². The van der Waals surface area contributed by atoms with Gasteiger partial charge in [0.05, 0.1) is 6.54 Å². The van der Waals surface area contributed by atoms with Gasteiger partial charge in [0, 0.05) is 28.1 Å². The molecule has 1 aromatic carbocycles. The number of thiophene rings is 1. The molecule has 14 heavy (non-hydrogen) atoms. The van der Waals surface area contributed by atoms with Crippen molar-refractivity contribution in [1.82, 2.24) is 0 Å². The van der Waals surface area contributed by atoms with Gasteiger partial charge in [-0.2, -0.15) is 0 Å². The van der Waals surface area contributed by atoms with Crippen molar-refractivity contribution in [1.29, 1.82) is 0 Å². The SMILES string of the molecule is C1=NCC=Nc2sc3ccccc3c21. The summed E-state index contributed by atoms with van der Waals surface area (Å²) in [5.41, 5.74) is 1.17. The third kappa shape index (κ3) is 1.09. The van der Waals surface area contributed by atoms with Crippen molar-refractivity contribution < 1.29 is 0 Å². The zero-order chi connectivity index (χ0) is 9.38. The van der Waals surface area contributed by atoms with E-state index in [9.17, 15) is 0 Å². The number of benzene rings is 1. The molecule has 1 aliphatic heterocycles. The molecule has 3 rings (SSSR count). The van der Waals surface area contributed by atoms with E-state index in [4.69, 9.17) is 0 Å². The average Bonchev–Trinajstić information content (AvgIpc) is 2.42. The molecule has 0 saturated carbocycles. The summed E-state index contributed by atoms with van der Waals surface area (Å²) in [6.45, 7) is 0.690. The molecule has 0 spiro atoms. The maximum Gasteiger partial charge on any atom is 0.125 e. The fourth-order valence-corrected chi connectivity index (χ4v) is 2.63. The Hall–Kier alpha value is -1.48. The second-order valence-corrected chi connectivity index (χ2v) is 4.15. The Morgan fingerprint density at radius 2 is 2.14 bits per heavy atom. The Morgan fingerprint density at radius 1 is 1.21 bits per heavy atom. The van der Waals surface area contributed by atoms with Crippen LogP contribution in [0.15, 0.2) is 34.3 Å². The van der Waals surface area contributed by atoms with Gasteiger partial charge >= 0.3 is 0 Å². The van der Waals surface area contributed by atoms with E-state index in [2.05, 4.69) is 34.3 Å². The molecule has 1 aliphatic rings. The van der Waals surface area contributed by atoms with E-state index in [-0.39, 0.29) is 0 Å². The monoisotopic (exact) mass is 200 g/mol. The Bertz CT molecular complexity index is 537. The summed E-state index contributed by atoms with van der Waals surface area (Å²) < 4.78 is 1.28. The van der Waals surface area contributed by atoms with Crippen LogP contribution in [0, 0.1) is 0 Å². The lowest BCUT2D eigenvalue weighted by molar-refractivity contribution is 1.35. The first-order valence-corrected chi connectivity index (χ1v) is 5.31. The standard InChI is InChI=1S/C11H8N2S/c1-2-4-10-8(3-1)9-7-12-5-6-13-11(9)14-10/h1-4,6-7H,5H2. The number of nitrogens with zero attached hydrogens (tertiary/aromatic N) is 2. The zero-order valence-corrected chi connectivity index (χ0v) is 8.29. The van der Waals surface area contributed by atoms with Crippen molar-refractivity contribution in [3.05, 3.63) is 29.8 Å². The number of fused-ring (bicyclic) bond motifs is 3. The maximum atomic E-state index is 4.39. The van der Waals surface area contributed by atoms with Gasteiger partial charge in [-0.1, -0.05) is 18.2 Å². The molecule has 0 radical (unpaired) electrons. The quantitative estimate of drug-likeness (QED) is 0.624. The lowest BCUT2D eigenvalue weighted by Crippen LogP contribution is -1.79. The third-order valence-electron chi connectivity index (χ3n) is 2.23. The molecule has 0 atom stereocenters. The summed E-state index contributed by atoms with van der Waals surface area (Å²) in [6, 6.07) is 8.35. The van der Waals surface area contributed by atoms with Gasteiger partial charge in [-0.15, -0.1) is 11.3 Å². The first-order chi connectivity index (χ1) is 6.95. The summed E-state index contributed by atoms with van der Waals surface area (Å²) in [5, 5.41) is 2.34. The molecule has 0 amide bonds. The van der Waals surface area contributed by atoms with Crippen LogP contribution in [-0.2, 0) is 0 Å². The zero-order valence-electron chi connectivity index (χ0n) is 7.47. The fourth-order valence-electron chi connectivity index (χ4n) is 1.59. The highest BCUT2D eigenvalue weighted by Crippen LogP contribution is 2.36. The minimum absolute atomic E-state index is 0.690. The normalized spacial score (nSPS) is 14.3. The van der Waals surface area contributed by atoms with Crippen LogP contribution in [0.4, 0.5) is 5.00 Å². The summed E-state index contributed by atoms with van der Waals surface area (Å²) >= 11 is 1.72. The molecule has 0 aliphatic carbocycles. The molecule has 0 unspecified atom stereocenters. The van der Waals surface area contributed by atoms with E-state index in [1.54, 1.807) is 11.3 Å². The minimum atomic E-state index is 0.690. The van der Waals surface area contributed by atoms with E-state index in [1.165, 1.54) is 15.6 Å². The van der Waals surface area contributed by atoms with Crippen molar-refractivity contribution in [2.75, 3.05) is 6.54 Å². The number of aliphatic imine (C=N–C) groups is 2. The Labute approximate surface area is 85.6 Å². The third-order valence-corrected chi connectivity index (χ3v) is 3.32. The lowest BCUT2D eigenvalue weighted by Gasteiger charge is -1.89. The number of hydrogen-bond acceptors (Lipinski definition) is 3. The van der Waals surface area contributed by atoms with Gasteiger partial charge in [-0.3, -0.25) is 4.99 Å². The lowest BCUT2D eigenvalue weighted by atomic mass is 10.2. The first kappa shape index (κ1) is 7.88. The molecule has 1 aromatic heterocycles. The Morgan fingerprint density at radius 3 is 3.14 bits per heavy atom. The molecule has 2 nitrogen and oxygen atoms in total. The van der Waals surface area contributed by atoms with E-state index in [0.717, 1.165) is 5.00 Å². The van der Waals surface area contributed by atoms with E-state index >= 15 is 0 Å². The van der Waals surface area contributed by atoms with E-state index < -0.39 is 0 Å². The highest BCUT2D eigenvalue weighted by atomic mass is 32.1. The topological polar surface area (TPSA) is 24.7 Å². The van der Waals surface area contributed by atoms with Gasteiger partial charge in [-0.25, -0.2) is 4.99 Å². The van der Waals surface area contributed by atoms with E-state index in [0.29, 0.717) is 6.54 Å². The van der Waals surface area contributed by atoms with Gasteiger partial charge in [0.1, 0.15) is 5.00 Å². The molecule has 0 saturated heterocycles. The van der Waals surface area contributed by atoms with Gasteiger partial charge in [0.15, 0.2) is 0 Å². The van der Waals surface area contributed by atoms with Crippen LogP contribution < -0.4 is 0 Å².